The van der Waals surface area contributed by atoms with Gasteiger partial charge in [0.2, 0.25) is 5.91 Å². The van der Waals surface area contributed by atoms with Crippen LogP contribution in [0.25, 0.3) is 22.2 Å². The summed E-state index contributed by atoms with van der Waals surface area (Å²) in [7, 11) is 0. The molecule has 4 aromatic rings. The van der Waals surface area contributed by atoms with E-state index in [2.05, 4.69) is 54.3 Å². The Labute approximate surface area is 208 Å². The minimum atomic E-state index is 0.0589. The zero-order valence-electron chi connectivity index (χ0n) is 21.1. The Hall–Kier alpha value is -3.60. The lowest BCUT2D eigenvalue weighted by Crippen LogP contribution is -2.26. The monoisotopic (exact) mass is 466 g/mol. The van der Waals surface area contributed by atoms with Gasteiger partial charge in [-0.3, -0.25) is 14.8 Å². The van der Waals surface area contributed by atoms with Gasteiger partial charge in [-0.05, 0) is 93.0 Å². The number of hydrogen-bond donors (Lipinski definition) is 1. The van der Waals surface area contributed by atoms with Crippen LogP contribution in [0.4, 0.5) is 0 Å². The van der Waals surface area contributed by atoms with Crippen molar-refractivity contribution in [3.05, 3.63) is 89.0 Å². The number of nitrogens with one attached hydrogen (secondary N) is 1. The molecule has 1 atom stereocenters. The van der Waals surface area contributed by atoms with Gasteiger partial charge in [-0.2, -0.15) is 0 Å². The number of carbonyl (C=O) groups is 1. The van der Waals surface area contributed by atoms with E-state index in [9.17, 15) is 4.79 Å². The van der Waals surface area contributed by atoms with Crippen molar-refractivity contribution in [2.24, 2.45) is 5.92 Å². The number of amides is 1. The van der Waals surface area contributed by atoms with Crippen molar-refractivity contribution < 1.29 is 4.79 Å². The number of benzene rings is 1. The highest BCUT2D eigenvalue weighted by atomic mass is 16.1. The maximum atomic E-state index is 12.5. The predicted octanol–water partition coefficient (Wildman–Crippen LogP) is 5.93. The van der Waals surface area contributed by atoms with Crippen molar-refractivity contribution in [1.82, 2.24) is 20.3 Å². The van der Waals surface area contributed by atoms with Gasteiger partial charge in [0.25, 0.3) is 0 Å². The van der Waals surface area contributed by atoms with E-state index in [-0.39, 0.29) is 5.91 Å². The quantitative estimate of drug-likeness (QED) is 0.310. The highest BCUT2D eigenvalue weighted by Gasteiger charge is 2.10. The van der Waals surface area contributed by atoms with E-state index >= 15 is 0 Å². The third-order valence-corrected chi connectivity index (χ3v) is 6.46. The van der Waals surface area contributed by atoms with E-state index in [0.717, 1.165) is 52.7 Å². The molecule has 3 heterocycles. The Morgan fingerprint density at radius 3 is 2.69 bits per heavy atom. The van der Waals surface area contributed by atoms with Crippen LogP contribution in [0, 0.1) is 26.7 Å². The summed E-state index contributed by atoms with van der Waals surface area (Å²) in [5.41, 5.74) is 8.48. The molecular formula is C30H34N4O. The summed E-state index contributed by atoms with van der Waals surface area (Å²) < 4.78 is 0. The molecule has 0 bridgehead atoms. The maximum absolute atomic E-state index is 12.5. The summed E-state index contributed by atoms with van der Waals surface area (Å²) >= 11 is 0. The SMILES string of the molecule is Cc1cnc(CC(C)CCCNC(=O)Cc2ccc3nc(-c4cccnc4C)ccc3c2)c(C)c1. The number of rotatable bonds is 9. The molecule has 0 spiro atoms. The summed E-state index contributed by atoms with van der Waals surface area (Å²) in [4.78, 5) is 26.2. The van der Waals surface area contributed by atoms with Gasteiger partial charge < -0.3 is 5.32 Å². The van der Waals surface area contributed by atoms with E-state index in [1.807, 2.05) is 43.5 Å². The minimum absolute atomic E-state index is 0.0589. The van der Waals surface area contributed by atoms with Gasteiger partial charge in [0, 0.05) is 41.3 Å². The highest BCUT2D eigenvalue weighted by molar-refractivity contribution is 5.85. The van der Waals surface area contributed by atoms with Crippen LogP contribution in [-0.4, -0.2) is 27.4 Å². The van der Waals surface area contributed by atoms with Crippen molar-refractivity contribution in [3.8, 4) is 11.3 Å². The van der Waals surface area contributed by atoms with Crippen LogP contribution in [0.15, 0.2) is 60.9 Å². The highest BCUT2D eigenvalue weighted by Crippen LogP contribution is 2.23. The van der Waals surface area contributed by atoms with Gasteiger partial charge in [-0.1, -0.05) is 25.1 Å². The lowest BCUT2D eigenvalue weighted by Gasteiger charge is -2.13. The second-order valence-electron chi connectivity index (χ2n) is 9.61. The Bertz CT molecular complexity index is 1330. The first-order valence-corrected chi connectivity index (χ1v) is 12.4. The van der Waals surface area contributed by atoms with Crippen molar-refractivity contribution in [2.45, 2.75) is 53.4 Å². The Balaban J connectivity index is 1.26. The second-order valence-corrected chi connectivity index (χ2v) is 9.61. The summed E-state index contributed by atoms with van der Waals surface area (Å²) in [6, 6.07) is 16.3. The van der Waals surface area contributed by atoms with Crippen LogP contribution in [0.3, 0.4) is 0 Å². The number of carbonyl (C=O) groups excluding carboxylic acids is 1. The van der Waals surface area contributed by atoms with Crippen molar-refractivity contribution >= 4 is 16.8 Å². The minimum Gasteiger partial charge on any atom is -0.356 e. The molecule has 1 unspecified atom stereocenters. The van der Waals surface area contributed by atoms with Crippen LogP contribution >= 0.6 is 0 Å². The summed E-state index contributed by atoms with van der Waals surface area (Å²) in [5.74, 6) is 0.595. The average molecular weight is 467 g/mol. The third kappa shape index (κ3) is 6.50. The van der Waals surface area contributed by atoms with E-state index in [1.54, 1.807) is 6.20 Å². The summed E-state index contributed by atoms with van der Waals surface area (Å²) in [6.07, 6.45) is 7.13. The van der Waals surface area contributed by atoms with Gasteiger partial charge in [0.1, 0.15) is 0 Å². The largest absolute Gasteiger partial charge is 0.356 e. The van der Waals surface area contributed by atoms with Gasteiger partial charge in [-0.15, -0.1) is 0 Å². The molecule has 0 aliphatic rings. The van der Waals surface area contributed by atoms with Crippen molar-refractivity contribution in [1.29, 1.82) is 0 Å². The first-order valence-electron chi connectivity index (χ1n) is 12.4. The Morgan fingerprint density at radius 1 is 1.03 bits per heavy atom. The standard InChI is InChI=1S/C30H34N4O/c1-20(16-29-22(3)15-21(2)19-33-29)7-5-14-32-30(35)18-24-9-11-27-25(17-24)10-12-28(34-27)26-8-6-13-31-23(26)4/h6,8-13,15,17,19-20H,5,7,14,16,18H2,1-4H3,(H,32,35). The molecule has 0 aliphatic carbocycles. The van der Waals surface area contributed by atoms with E-state index in [1.165, 1.54) is 16.8 Å². The fourth-order valence-corrected chi connectivity index (χ4v) is 4.51. The van der Waals surface area contributed by atoms with Crippen LogP contribution < -0.4 is 5.32 Å². The normalized spacial score (nSPS) is 12.0. The van der Waals surface area contributed by atoms with E-state index in [0.29, 0.717) is 18.9 Å². The van der Waals surface area contributed by atoms with Gasteiger partial charge in [-0.25, -0.2) is 4.98 Å². The number of fused-ring (bicyclic) bond motifs is 1. The molecule has 3 aromatic heterocycles. The predicted molar refractivity (Wildman–Crippen MR) is 142 cm³/mol. The smallest absolute Gasteiger partial charge is 0.224 e. The summed E-state index contributed by atoms with van der Waals surface area (Å²) in [5, 5.41) is 4.11. The fraction of sp³-hybridized carbons (Fsp3) is 0.333. The number of hydrogen-bond acceptors (Lipinski definition) is 4. The number of aromatic nitrogens is 3. The second kappa shape index (κ2) is 11.2. The van der Waals surface area contributed by atoms with Crippen LogP contribution in [0.5, 0.6) is 0 Å². The fourth-order valence-electron chi connectivity index (χ4n) is 4.51. The molecule has 1 N–H and O–H groups in total. The zero-order chi connectivity index (χ0) is 24.8. The molecule has 1 amide bonds. The van der Waals surface area contributed by atoms with Gasteiger partial charge in [0.15, 0.2) is 0 Å². The molecule has 35 heavy (non-hydrogen) atoms. The molecule has 0 radical (unpaired) electrons. The molecular weight excluding hydrogens is 432 g/mol. The molecule has 180 valence electrons. The lowest BCUT2D eigenvalue weighted by atomic mass is 9.97. The third-order valence-electron chi connectivity index (χ3n) is 6.46. The van der Waals surface area contributed by atoms with Gasteiger partial charge in [0.05, 0.1) is 17.6 Å². The van der Waals surface area contributed by atoms with Crippen molar-refractivity contribution in [2.75, 3.05) is 6.54 Å². The molecule has 0 fully saturated rings. The number of nitrogens with zero attached hydrogens (tertiary/aromatic N) is 3. The summed E-state index contributed by atoms with van der Waals surface area (Å²) in [6.45, 7) is 9.15. The van der Waals surface area contributed by atoms with Crippen LogP contribution in [0.1, 0.15) is 47.8 Å². The molecule has 5 nitrogen and oxygen atoms in total. The van der Waals surface area contributed by atoms with Crippen LogP contribution in [0.2, 0.25) is 0 Å². The first kappa shape index (κ1) is 24.5. The Kier molecular flexibility index (Phi) is 7.86. The molecule has 0 aliphatic heterocycles. The zero-order valence-corrected chi connectivity index (χ0v) is 21.1. The number of pyridine rings is 3. The average Bonchev–Trinajstić information content (AvgIpc) is 2.84. The van der Waals surface area contributed by atoms with E-state index < -0.39 is 0 Å². The maximum Gasteiger partial charge on any atom is 0.224 e. The first-order chi connectivity index (χ1) is 16.9. The van der Waals surface area contributed by atoms with E-state index in [4.69, 9.17) is 4.98 Å². The van der Waals surface area contributed by atoms with Crippen LogP contribution in [-0.2, 0) is 17.6 Å². The molecule has 0 saturated heterocycles. The molecule has 0 saturated carbocycles. The molecule has 4 rings (SSSR count). The van der Waals surface area contributed by atoms with Gasteiger partial charge >= 0.3 is 0 Å². The molecule has 5 heteroatoms. The number of aryl methyl sites for hydroxylation is 3. The Morgan fingerprint density at radius 2 is 1.89 bits per heavy atom. The lowest BCUT2D eigenvalue weighted by molar-refractivity contribution is -0.120. The topological polar surface area (TPSA) is 67.8 Å². The molecule has 1 aromatic carbocycles. The van der Waals surface area contributed by atoms with Crippen molar-refractivity contribution in [3.63, 3.8) is 0 Å².